The van der Waals surface area contributed by atoms with Crippen molar-refractivity contribution in [3.8, 4) is 0 Å². The molecule has 0 aromatic heterocycles. The number of rotatable bonds is 4. The molecule has 1 saturated carbocycles. The van der Waals surface area contributed by atoms with Crippen LogP contribution < -0.4 is 0 Å². The summed E-state index contributed by atoms with van der Waals surface area (Å²) >= 11 is 0. The monoisotopic (exact) mass is 156 g/mol. The van der Waals surface area contributed by atoms with Crippen molar-refractivity contribution in [3.63, 3.8) is 0 Å². The maximum absolute atomic E-state index is 5.17. The van der Waals surface area contributed by atoms with E-state index in [2.05, 4.69) is 20.8 Å². The molecule has 0 saturated heterocycles. The minimum atomic E-state index is 0.635. The van der Waals surface area contributed by atoms with E-state index in [0.29, 0.717) is 5.41 Å². The van der Waals surface area contributed by atoms with Crippen LogP contribution in [0, 0.1) is 17.3 Å². The van der Waals surface area contributed by atoms with Crippen LogP contribution in [0.25, 0.3) is 0 Å². The van der Waals surface area contributed by atoms with Crippen molar-refractivity contribution in [1.29, 1.82) is 0 Å². The van der Waals surface area contributed by atoms with Crippen molar-refractivity contribution in [2.45, 2.75) is 33.6 Å². The van der Waals surface area contributed by atoms with Crippen LogP contribution in [0.3, 0.4) is 0 Å². The molecule has 66 valence electrons. The van der Waals surface area contributed by atoms with Crippen molar-refractivity contribution < 1.29 is 4.74 Å². The first-order chi connectivity index (χ1) is 5.17. The Labute approximate surface area is 70.1 Å². The molecule has 1 aliphatic rings. The topological polar surface area (TPSA) is 9.23 Å². The van der Waals surface area contributed by atoms with Gasteiger partial charge in [0.25, 0.3) is 0 Å². The molecular weight excluding hydrogens is 136 g/mol. The molecule has 0 aliphatic heterocycles. The molecule has 11 heavy (non-hydrogen) atoms. The highest BCUT2D eigenvalue weighted by Gasteiger charge is 2.53. The van der Waals surface area contributed by atoms with Crippen LogP contribution >= 0.6 is 0 Å². The van der Waals surface area contributed by atoms with E-state index in [1.807, 2.05) is 0 Å². The molecule has 1 heteroatoms. The molecule has 2 unspecified atom stereocenters. The van der Waals surface area contributed by atoms with Crippen molar-refractivity contribution in [3.05, 3.63) is 0 Å². The van der Waals surface area contributed by atoms with Gasteiger partial charge in [0, 0.05) is 13.7 Å². The third-order valence-electron chi connectivity index (χ3n) is 3.46. The van der Waals surface area contributed by atoms with E-state index >= 15 is 0 Å². The van der Waals surface area contributed by atoms with Gasteiger partial charge in [-0.2, -0.15) is 0 Å². The van der Waals surface area contributed by atoms with E-state index in [4.69, 9.17) is 4.74 Å². The van der Waals surface area contributed by atoms with Crippen LogP contribution in [-0.4, -0.2) is 13.7 Å². The molecule has 0 radical (unpaired) electrons. The Bertz CT molecular complexity index is 131. The van der Waals surface area contributed by atoms with Crippen molar-refractivity contribution in [2.24, 2.45) is 17.3 Å². The van der Waals surface area contributed by atoms with Crippen LogP contribution in [0.2, 0.25) is 0 Å². The zero-order valence-electron chi connectivity index (χ0n) is 8.18. The van der Waals surface area contributed by atoms with E-state index in [-0.39, 0.29) is 0 Å². The van der Waals surface area contributed by atoms with Gasteiger partial charge in [-0.1, -0.05) is 20.8 Å². The van der Waals surface area contributed by atoms with Gasteiger partial charge < -0.3 is 4.74 Å². The number of hydrogen-bond donors (Lipinski definition) is 0. The average Bonchev–Trinajstić information content (AvgIpc) is 2.65. The summed E-state index contributed by atoms with van der Waals surface area (Å²) in [5, 5.41) is 0. The molecule has 0 spiro atoms. The van der Waals surface area contributed by atoms with Gasteiger partial charge in [0.15, 0.2) is 0 Å². The highest BCUT2D eigenvalue weighted by Crippen LogP contribution is 2.60. The number of ether oxygens (including phenoxy) is 1. The van der Waals surface area contributed by atoms with Gasteiger partial charge in [-0.15, -0.1) is 0 Å². The van der Waals surface area contributed by atoms with Gasteiger partial charge in [-0.3, -0.25) is 0 Å². The molecule has 0 N–H and O–H groups in total. The maximum atomic E-state index is 5.17. The first-order valence-electron chi connectivity index (χ1n) is 4.66. The Kier molecular flexibility index (Phi) is 2.58. The minimum absolute atomic E-state index is 0.635. The Hall–Kier alpha value is -0.0400. The lowest BCUT2D eigenvalue weighted by atomic mass is 9.87. The summed E-state index contributed by atoms with van der Waals surface area (Å²) in [6.45, 7) is 7.93. The Morgan fingerprint density at radius 3 is 2.45 bits per heavy atom. The van der Waals surface area contributed by atoms with E-state index < -0.39 is 0 Å². The Balaban J connectivity index is 2.43. The van der Waals surface area contributed by atoms with Crippen molar-refractivity contribution >= 4 is 0 Å². The van der Waals surface area contributed by atoms with E-state index in [1.165, 1.54) is 12.8 Å². The molecular formula is C10H20O. The number of hydrogen-bond acceptors (Lipinski definition) is 1. The van der Waals surface area contributed by atoms with Gasteiger partial charge in [0.2, 0.25) is 0 Å². The largest absolute Gasteiger partial charge is 0.384 e. The molecule has 1 rings (SSSR count). The van der Waals surface area contributed by atoms with E-state index in [9.17, 15) is 0 Å². The quantitative estimate of drug-likeness (QED) is 0.608. The molecule has 0 amide bonds. The average molecular weight is 156 g/mol. The second-order valence-electron chi connectivity index (χ2n) is 4.10. The third-order valence-corrected chi connectivity index (χ3v) is 3.46. The van der Waals surface area contributed by atoms with Gasteiger partial charge in [-0.05, 0) is 30.1 Å². The standard InChI is InChI=1S/C10H20O/c1-5-10(8(2)3)6-9(10)7-11-4/h8-9H,5-7H2,1-4H3. The smallest absolute Gasteiger partial charge is 0.0496 e. The maximum Gasteiger partial charge on any atom is 0.0496 e. The van der Waals surface area contributed by atoms with Crippen LogP contribution in [0.15, 0.2) is 0 Å². The molecule has 2 atom stereocenters. The Morgan fingerprint density at radius 2 is 2.18 bits per heavy atom. The highest BCUT2D eigenvalue weighted by atomic mass is 16.5. The molecule has 0 heterocycles. The molecule has 0 aromatic carbocycles. The van der Waals surface area contributed by atoms with Gasteiger partial charge in [0.1, 0.15) is 0 Å². The van der Waals surface area contributed by atoms with Crippen molar-refractivity contribution in [1.82, 2.24) is 0 Å². The van der Waals surface area contributed by atoms with Crippen LogP contribution in [0.4, 0.5) is 0 Å². The summed E-state index contributed by atoms with van der Waals surface area (Å²) < 4.78 is 5.17. The fourth-order valence-electron chi connectivity index (χ4n) is 2.37. The Morgan fingerprint density at radius 1 is 1.55 bits per heavy atom. The SMILES string of the molecule is CCC1(C(C)C)CC1COC. The summed E-state index contributed by atoms with van der Waals surface area (Å²) in [6, 6.07) is 0. The highest BCUT2D eigenvalue weighted by molar-refractivity contribution is 5.02. The predicted octanol–water partition coefficient (Wildman–Crippen LogP) is 2.71. The third kappa shape index (κ3) is 1.44. The summed E-state index contributed by atoms with van der Waals surface area (Å²) in [7, 11) is 1.80. The molecule has 1 aliphatic carbocycles. The summed E-state index contributed by atoms with van der Waals surface area (Å²) in [6.07, 6.45) is 2.70. The molecule has 1 nitrogen and oxygen atoms in total. The van der Waals surface area contributed by atoms with Crippen LogP contribution in [-0.2, 0) is 4.74 Å². The zero-order chi connectivity index (χ0) is 8.48. The zero-order valence-corrected chi connectivity index (χ0v) is 8.18. The number of methoxy groups -OCH3 is 1. The summed E-state index contributed by atoms with van der Waals surface area (Å²) in [5.41, 5.74) is 0.635. The van der Waals surface area contributed by atoms with Crippen LogP contribution in [0.5, 0.6) is 0 Å². The second kappa shape index (κ2) is 3.14. The predicted molar refractivity (Wildman–Crippen MR) is 47.5 cm³/mol. The van der Waals surface area contributed by atoms with Gasteiger partial charge in [-0.25, -0.2) is 0 Å². The lowest BCUT2D eigenvalue weighted by Gasteiger charge is -2.19. The molecule has 1 fully saturated rings. The lowest BCUT2D eigenvalue weighted by molar-refractivity contribution is 0.157. The van der Waals surface area contributed by atoms with Crippen molar-refractivity contribution in [2.75, 3.05) is 13.7 Å². The van der Waals surface area contributed by atoms with E-state index in [1.54, 1.807) is 7.11 Å². The normalized spacial score (nSPS) is 36.3. The fraction of sp³-hybridized carbons (Fsp3) is 1.00. The minimum Gasteiger partial charge on any atom is -0.384 e. The lowest BCUT2D eigenvalue weighted by Crippen LogP contribution is -2.13. The first-order valence-corrected chi connectivity index (χ1v) is 4.66. The molecule has 0 aromatic rings. The summed E-state index contributed by atoms with van der Waals surface area (Å²) in [5.74, 6) is 1.67. The molecule has 0 bridgehead atoms. The van der Waals surface area contributed by atoms with Gasteiger partial charge >= 0.3 is 0 Å². The van der Waals surface area contributed by atoms with Crippen LogP contribution in [0.1, 0.15) is 33.6 Å². The van der Waals surface area contributed by atoms with Gasteiger partial charge in [0.05, 0.1) is 0 Å². The first kappa shape index (κ1) is 9.05. The fourth-order valence-corrected chi connectivity index (χ4v) is 2.37. The van der Waals surface area contributed by atoms with E-state index in [0.717, 1.165) is 18.4 Å². The second-order valence-corrected chi connectivity index (χ2v) is 4.10. The summed E-state index contributed by atoms with van der Waals surface area (Å²) in [4.78, 5) is 0.